The van der Waals surface area contributed by atoms with Crippen LogP contribution in [0, 0.1) is 0 Å². The van der Waals surface area contributed by atoms with Gasteiger partial charge in [-0.1, -0.05) is 42.5 Å². The Bertz CT molecular complexity index is 1170. The minimum atomic E-state index is 0.564. The Balaban J connectivity index is 1.29. The van der Waals surface area contributed by atoms with E-state index in [1.54, 1.807) is 7.11 Å². The predicted molar refractivity (Wildman–Crippen MR) is 127 cm³/mol. The maximum atomic E-state index is 5.93. The SMILES string of the molecule is COc1ccc(CCc2nn(-c3ccc(OCc4ccccc4)cc3)c3c2CCN3)cc1. The summed E-state index contributed by atoms with van der Waals surface area (Å²) in [6, 6.07) is 26.7. The lowest BCUT2D eigenvalue weighted by atomic mass is 10.1. The molecule has 0 saturated carbocycles. The molecule has 0 bridgehead atoms. The maximum absolute atomic E-state index is 5.93. The van der Waals surface area contributed by atoms with Crippen LogP contribution in [0.5, 0.6) is 11.5 Å². The van der Waals surface area contributed by atoms with Crippen molar-refractivity contribution in [3.05, 3.63) is 101 Å². The number of fused-ring (bicyclic) bond motifs is 1. The van der Waals surface area contributed by atoms with E-state index in [2.05, 4.69) is 41.7 Å². The van der Waals surface area contributed by atoms with Crippen LogP contribution in [0.3, 0.4) is 0 Å². The summed E-state index contributed by atoms with van der Waals surface area (Å²) in [7, 11) is 1.69. The second kappa shape index (κ2) is 9.18. The molecule has 0 fully saturated rings. The normalized spacial score (nSPS) is 12.3. The van der Waals surface area contributed by atoms with Crippen molar-refractivity contribution >= 4 is 5.82 Å². The smallest absolute Gasteiger partial charge is 0.133 e. The van der Waals surface area contributed by atoms with Crippen molar-refractivity contribution in [3.63, 3.8) is 0 Å². The summed E-state index contributed by atoms with van der Waals surface area (Å²) in [4.78, 5) is 0. The monoisotopic (exact) mass is 425 g/mol. The number of methoxy groups -OCH3 is 1. The first-order chi connectivity index (χ1) is 15.8. The highest BCUT2D eigenvalue weighted by Crippen LogP contribution is 2.30. The van der Waals surface area contributed by atoms with E-state index in [1.165, 1.54) is 16.8 Å². The zero-order valence-corrected chi connectivity index (χ0v) is 18.3. The summed E-state index contributed by atoms with van der Waals surface area (Å²) >= 11 is 0. The highest BCUT2D eigenvalue weighted by Gasteiger charge is 2.22. The summed E-state index contributed by atoms with van der Waals surface area (Å²) in [5.41, 5.74) is 6.00. The topological polar surface area (TPSA) is 48.3 Å². The average molecular weight is 426 g/mol. The first kappa shape index (κ1) is 20.2. The van der Waals surface area contributed by atoms with Gasteiger partial charge in [-0.3, -0.25) is 0 Å². The van der Waals surface area contributed by atoms with Crippen LogP contribution in [0.2, 0.25) is 0 Å². The first-order valence-corrected chi connectivity index (χ1v) is 11.0. The fourth-order valence-electron chi connectivity index (χ4n) is 4.11. The quantitative estimate of drug-likeness (QED) is 0.421. The van der Waals surface area contributed by atoms with Crippen LogP contribution in [0.4, 0.5) is 5.82 Å². The predicted octanol–water partition coefficient (Wildman–Crippen LogP) is 5.21. The molecule has 0 radical (unpaired) electrons. The Morgan fingerprint density at radius 2 is 1.59 bits per heavy atom. The van der Waals surface area contributed by atoms with E-state index >= 15 is 0 Å². The van der Waals surface area contributed by atoms with Crippen LogP contribution in [0.25, 0.3) is 5.69 Å². The number of hydrogen-bond acceptors (Lipinski definition) is 4. The summed E-state index contributed by atoms with van der Waals surface area (Å²) in [5, 5.41) is 8.48. The van der Waals surface area contributed by atoms with Gasteiger partial charge in [0.05, 0.1) is 18.5 Å². The Hall–Kier alpha value is -3.73. The molecule has 0 aliphatic carbocycles. The molecule has 0 saturated heterocycles. The van der Waals surface area contributed by atoms with Gasteiger partial charge in [0.25, 0.3) is 0 Å². The van der Waals surface area contributed by atoms with Crippen LogP contribution in [0.15, 0.2) is 78.9 Å². The second-order valence-electron chi connectivity index (χ2n) is 7.98. The third-order valence-electron chi connectivity index (χ3n) is 5.87. The van der Waals surface area contributed by atoms with Crippen molar-refractivity contribution in [3.8, 4) is 17.2 Å². The van der Waals surface area contributed by atoms with E-state index in [9.17, 15) is 0 Å². The van der Waals surface area contributed by atoms with Crippen molar-refractivity contribution in [1.29, 1.82) is 0 Å². The third-order valence-corrected chi connectivity index (χ3v) is 5.87. The summed E-state index contributed by atoms with van der Waals surface area (Å²) < 4.78 is 13.2. The fraction of sp³-hybridized carbons (Fsp3) is 0.222. The third kappa shape index (κ3) is 4.33. The molecule has 1 aromatic heterocycles. The molecule has 2 heterocycles. The van der Waals surface area contributed by atoms with Gasteiger partial charge >= 0.3 is 0 Å². The lowest BCUT2D eigenvalue weighted by Crippen LogP contribution is -2.05. The van der Waals surface area contributed by atoms with Gasteiger partial charge in [-0.05, 0) is 66.8 Å². The molecule has 162 valence electrons. The Morgan fingerprint density at radius 3 is 2.34 bits per heavy atom. The van der Waals surface area contributed by atoms with Gasteiger partial charge < -0.3 is 14.8 Å². The molecular weight excluding hydrogens is 398 g/mol. The van der Waals surface area contributed by atoms with Crippen molar-refractivity contribution in [2.45, 2.75) is 25.9 Å². The minimum absolute atomic E-state index is 0.564. The van der Waals surface area contributed by atoms with Gasteiger partial charge in [-0.25, -0.2) is 4.68 Å². The van der Waals surface area contributed by atoms with Gasteiger partial charge in [0, 0.05) is 12.1 Å². The van der Waals surface area contributed by atoms with Crippen molar-refractivity contribution < 1.29 is 9.47 Å². The number of nitrogens with one attached hydrogen (secondary N) is 1. The molecule has 1 aliphatic rings. The number of hydrogen-bond donors (Lipinski definition) is 1. The van der Waals surface area contributed by atoms with E-state index in [0.29, 0.717) is 6.61 Å². The largest absolute Gasteiger partial charge is 0.497 e. The van der Waals surface area contributed by atoms with Crippen LogP contribution in [-0.2, 0) is 25.9 Å². The van der Waals surface area contributed by atoms with E-state index < -0.39 is 0 Å². The molecule has 0 amide bonds. The molecule has 5 nitrogen and oxygen atoms in total. The Labute approximate surface area is 188 Å². The number of benzene rings is 3. The van der Waals surface area contributed by atoms with E-state index in [4.69, 9.17) is 14.6 Å². The lowest BCUT2D eigenvalue weighted by molar-refractivity contribution is 0.306. The van der Waals surface area contributed by atoms with Crippen LogP contribution >= 0.6 is 0 Å². The zero-order valence-electron chi connectivity index (χ0n) is 18.3. The lowest BCUT2D eigenvalue weighted by Gasteiger charge is -2.09. The van der Waals surface area contributed by atoms with Crippen LogP contribution in [-0.4, -0.2) is 23.4 Å². The Kier molecular flexibility index (Phi) is 5.79. The van der Waals surface area contributed by atoms with Gasteiger partial charge in [-0.2, -0.15) is 5.10 Å². The fourth-order valence-corrected chi connectivity index (χ4v) is 4.11. The standard InChI is InChI=1S/C27H27N3O2/c1-31-23-12-7-20(8-13-23)9-16-26-25-17-18-28-27(25)30(29-26)22-10-14-24(15-11-22)32-19-21-5-3-2-4-6-21/h2-8,10-15,28H,9,16-19H2,1H3. The molecule has 32 heavy (non-hydrogen) atoms. The average Bonchev–Trinajstić information content (AvgIpc) is 3.46. The first-order valence-electron chi connectivity index (χ1n) is 11.0. The number of anilines is 1. The Morgan fingerprint density at radius 1 is 0.844 bits per heavy atom. The minimum Gasteiger partial charge on any atom is -0.497 e. The second-order valence-corrected chi connectivity index (χ2v) is 7.98. The van der Waals surface area contributed by atoms with E-state index in [1.807, 2.05) is 47.1 Å². The van der Waals surface area contributed by atoms with Crippen molar-refractivity contribution in [2.24, 2.45) is 0 Å². The molecule has 1 aliphatic heterocycles. The molecule has 0 unspecified atom stereocenters. The van der Waals surface area contributed by atoms with Gasteiger partial charge in [-0.15, -0.1) is 0 Å². The highest BCUT2D eigenvalue weighted by atomic mass is 16.5. The summed E-state index contributed by atoms with van der Waals surface area (Å²) in [6.45, 7) is 1.52. The zero-order chi connectivity index (χ0) is 21.8. The van der Waals surface area contributed by atoms with Gasteiger partial charge in [0.15, 0.2) is 0 Å². The van der Waals surface area contributed by atoms with Crippen molar-refractivity contribution in [2.75, 3.05) is 19.0 Å². The van der Waals surface area contributed by atoms with Crippen molar-refractivity contribution in [1.82, 2.24) is 9.78 Å². The number of aryl methyl sites for hydroxylation is 2. The number of rotatable bonds is 8. The van der Waals surface area contributed by atoms with E-state index in [0.717, 1.165) is 54.4 Å². The van der Waals surface area contributed by atoms with E-state index in [-0.39, 0.29) is 0 Å². The summed E-state index contributed by atoms with van der Waals surface area (Å²) in [6.07, 6.45) is 2.90. The molecular formula is C27H27N3O2. The molecule has 5 heteroatoms. The molecule has 0 atom stereocenters. The molecule has 0 spiro atoms. The molecule has 5 rings (SSSR count). The molecule has 3 aromatic carbocycles. The number of nitrogens with zero attached hydrogens (tertiary/aromatic N) is 2. The maximum Gasteiger partial charge on any atom is 0.133 e. The van der Waals surface area contributed by atoms with Gasteiger partial charge in [0.1, 0.15) is 23.9 Å². The number of aromatic nitrogens is 2. The molecule has 4 aromatic rings. The van der Waals surface area contributed by atoms with Crippen LogP contribution in [0.1, 0.15) is 22.4 Å². The molecule has 1 N–H and O–H groups in total. The van der Waals surface area contributed by atoms with Crippen LogP contribution < -0.4 is 14.8 Å². The number of ether oxygens (including phenoxy) is 2. The summed E-state index contributed by atoms with van der Waals surface area (Å²) in [5.74, 6) is 2.86. The van der Waals surface area contributed by atoms with Gasteiger partial charge in [0.2, 0.25) is 0 Å². The highest BCUT2D eigenvalue weighted by molar-refractivity contribution is 5.57.